The van der Waals surface area contributed by atoms with Crippen LogP contribution in [-0.2, 0) is 4.79 Å². The molecule has 0 aromatic heterocycles. The number of carbonyl (C=O) groups is 2. The first kappa shape index (κ1) is 21.0. The number of carbonyl (C=O) groups excluding carboxylic acids is 1. The number of aliphatic carboxylic acids is 1. The molecule has 2 bridgehead atoms. The van der Waals surface area contributed by atoms with Crippen molar-refractivity contribution in [1.82, 2.24) is 10.9 Å². The average molecular weight is 406 g/mol. The molecule has 2 saturated heterocycles. The van der Waals surface area contributed by atoms with Crippen LogP contribution in [0, 0.1) is 11.8 Å². The first-order valence-corrected chi connectivity index (χ1v) is 11.3. The van der Waals surface area contributed by atoms with Crippen molar-refractivity contribution in [2.45, 2.75) is 61.9 Å². The fourth-order valence-corrected chi connectivity index (χ4v) is 6.53. The molecule has 2 fully saturated rings. The number of hydrazine groups is 1. The van der Waals surface area contributed by atoms with Gasteiger partial charge in [-0.05, 0) is 49.7 Å². The predicted molar refractivity (Wildman–Crippen MR) is 113 cm³/mol. The quantitative estimate of drug-likeness (QED) is 0.326. The van der Waals surface area contributed by atoms with Crippen LogP contribution in [0.15, 0.2) is 30.3 Å². The number of carboxylic acid groups (broad SMARTS) is 1. The molecule has 2 aliphatic heterocycles. The lowest BCUT2D eigenvalue weighted by Crippen LogP contribution is -2.45. The zero-order valence-electron chi connectivity index (χ0n) is 16.2. The molecule has 7 heteroatoms. The summed E-state index contributed by atoms with van der Waals surface area (Å²) < 4.78 is 0. The molecular weight excluding hydrogens is 374 g/mol. The summed E-state index contributed by atoms with van der Waals surface area (Å²) in [5.41, 5.74) is 6.69. The molecule has 2 amide bonds. The van der Waals surface area contributed by atoms with E-state index in [9.17, 15) is 9.59 Å². The predicted octanol–water partition coefficient (Wildman–Crippen LogP) is 4.25. The van der Waals surface area contributed by atoms with E-state index >= 15 is 0 Å². The SMILES string of the molecule is O=C(O)CCCCCCC1C2CCC(S2)C1CNNC(=O)Nc1ccccc1. The van der Waals surface area contributed by atoms with Crippen molar-refractivity contribution in [3.8, 4) is 0 Å². The lowest BCUT2D eigenvalue weighted by molar-refractivity contribution is -0.137. The minimum atomic E-state index is -0.695. The van der Waals surface area contributed by atoms with Gasteiger partial charge in [-0.1, -0.05) is 37.5 Å². The van der Waals surface area contributed by atoms with Crippen molar-refractivity contribution in [1.29, 1.82) is 0 Å². The van der Waals surface area contributed by atoms with E-state index in [1.54, 1.807) is 0 Å². The minimum Gasteiger partial charge on any atom is -0.481 e. The van der Waals surface area contributed by atoms with Gasteiger partial charge >= 0.3 is 12.0 Å². The molecule has 1 aromatic rings. The second kappa shape index (κ2) is 10.7. The molecule has 4 N–H and O–H groups in total. The summed E-state index contributed by atoms with van der Waals surface area (Å²) in [6, 6.07) is 9.18. The Morgan fingerprint density at radius 2 is 1.71 bits per heavy atom. The van der Waals surface area contributed by atoms with Crippen molar-refractivity contribution >= 4 is 29.4 Å². The number of urea groups is 1. The van der Waals surface area contributed by atoms with E-state index in [-0.39, 0.29) is 12.5 Å². The maximum atomic E-state index is 12.0. The van der Waals surface area contributed by atoms with E-state index in [0.29, 0.717) is 17.1 Å². The van der Waals surface area contributed by atoms with Crippen molar-refractivity contribution in [3.63, 3.8) is 0 Å². The molecule has 0 spiro atoms. The standard InChI is InChI=1S/C21H31N3O3S/c25-20(26)11-7-2-1-6-10-16-17(19-13-12-18(16)28-19)14-22-24-21(27)23-15-8-4-3-5-9-15/h3-5,8-9,16-19,22H,1-2,6-7,10-14H2,(H,25,26)(H2,23,24,27). The van der Waals surface area contributed by atoms with Gasteiger partial charge in [0.1, 0.15) is 0 Å². The number of para-hydroxylation sites is 1. The zero-order chi connectivity index (χ0) is 19.8. The second-order valence-electron chi connectivity index (χ2n) is 7.79. The van der Waals surface area contributed by atoms with Gasteiger partial charge in [0.25, 0.3) is 0 Å². The van der Waals surface area contributed by atoms with Crippen molar-refractivity contribution < 1.29 is 14.7 Å². The molecule has 3 rings (SSSR count). The van der Waals surface area contributed by atoms with Gasteiger partial charge in [0.05, 0.1) is 0 Å². The van der Waals surface area contributed by atoms with Crippen LogP contribution in [0.2, 0.25) is 0 Å². The van der Waals surface area contributed by atoms with Crippen LogP contribution in [0.25, 0.3) is 0 Å². The Morgan fingerprint density at radius 3 is 2.46 bits per heavy atom. The number of hydrogen-bond acceptors (Lipinski definition) is 4. The van der Waals surface area contributed by atoms with Crippen LogP contribution in [0.5, 0.6) is 0 Å². The van der Waals surface area contributed by atoms with Gasteiger partial charge in [0, 0.05) is 29.2 Å². The van der Waals surface area contributed by atoms with Crippen LogP contribution >= 0.6 is 11.8 Å². The van der Waals surface area contributed by atoms with Gasteiger partial charge in [-0.25, -0.2) is 10.2 Å². The minimum absolute atomic E-state index is 0.239. The first-order chi connectivity index (χ1) is 13.6. The molecule has 6 nitrogen and oxygen atoms in total. The number of carboxylic acids is 1. The summed E-state index contributed by atoms with van der Waals surface area (Å²) in [4.78, 5) is 22.6. The van der Waals surface area contributed by atoms with E-state index in [1.165, 1.54) is 25.7 Å². The summed E-state index contributed by atoms with van der Waals surface area (Å²) in [5, 5.41) is 13.0. The Kier molecular flexibility index (Phi) is 8.03. The molecule has 2 aliphatic rings. The molecule has 4 atom stereocenters. The third kappa shape index (κ3) is 6.14. The molecule has 0 aliphatic carbocycles. The Balaban J connectivity index is 1.36. The molecule has 0 saturated carbocycles. The zero-order valence-corrected chi connectivity index (χ0v) is 17.0. The molecule has 28 heavy (non-hydrogen) atoms. The summed E-state index contributed by atoms with van der Waals surface area (Å²) in [6.45, 7) is 0.806. The van der Waals surface area contributed by atoms with Crippen molar-refractivity contribution in [2.75, 3.05) is 11.9 Å². The number of anilines is 1. The second-order valence-corrected chi connectivity index (χ2v) is 9.27. The third-order valence-electron chi connectivity index (χ3n) is 5.84. The number of rotatable bonds is 11. The van der Waals surface area contributed by atoms with Crippen LogP contribution in [-0.4, -0.2) is 34.2 Å². The molecule has 2 heterocycles. The van der Waals surface area contributed by atoms with Crippen LogP contribution in [0.3, 0.4) is 0 Å². The number of fused-ring (bicyclic) bond motifs is 2. The summed E-state index contributed by atoms with van der Waals surface area (Å²) in [6.07, 6.45) is 8.17. The van der Waals surface area contributed by atoms with Gasteiger partial charge < -0.3 is 10.4 Å². The lowest BCUT2D eigenvalue weighted by Gasteiger charge is -2.30. The summed E-state index contributed by atoms with van der Waals surface area (Å²) in [5.74, 6) is 0.606. The fraction of sp³-hybridized carbons (Fsp3) is 0.619. The maximum Gasteiger partial charge on any atom is 0.333 e. The Bertz CT molecular complexity index is 643. The lowest BCUT2D eigenvalue weighted by atomic mass is 9.76. The van der Waals surface area contributed by atoms with Crippen LogP contribution in [0.4, 0.5) is 10.5 Å². The third-order valence-corrected chi connectivity index (χ3v) is 7.71. The Labute approximate surface area is 171 Å². The van der Waals surface area contributed by atoms with Gasteiger partial charge in [0.2, 0.25) is 0 Å². The Morgan fingerprint density at radius 1 is 1.00 bits per heavy atom. The molecule has 1 aromatic carbocycles. The van der Waals surface area contributed by atoms with Crippen molar-refractivity contribution in [3.05, 3.63) is 30.3 Å². The van der Waals surface area contributed by atoms with Gasteiger partial charge in [-0.3, -0.25) is 10.2 Å². The number of benzene rings is 1. The molecule has 0 radical (unpaired) electrons. The van der Waals surface area contributed by atoms with E-state index in [1.807, 2.05) is 30.3 Å². The molecular formula is C21H31N3O3S. The van der Waals surface area contributed by atoms with Gasteiger partial charge in [-0.2, -0.15) is 11.8 Å². The summed E-state index contributed by atoms with van der Waals surface area (Å²) >= 11 is 2.14. The van der Waals surface area contributed by atoms with Crippen molar-refractivity contribution in [2.24, 2.45) is 11.8 Å². The highest BCUT2D eigenvalue weighted by molar-refractivity contribution is 8.01. The van der Waals surface area contributed by atoms with E-state index < -0.39 is 5.97 Å². The van der Waals surface area contributed by atoms with Crippen LogP contribution < -0.4 is 16.2 Å². The van der Waals surface area contributed by atoms with Gasteiger partial charge in [-0.15, -0.1) is 0 Å². The molecule has 4 unspecified atom stereocenters. The topological polar surface area (TPSA) is 90.5 Å². The number of hydrogen-bond donors (Lipinski definition) is 4. The summed E-state index contributed by atoms with van der Waals surface area (Å²) in [7, 11) is 0. The number of nitrogens with one attached hydrogen (secondary N) is 3. The smallest absolute Gasteiger partial charge is 0.333 e. The van der Waals surface area contributed by atoms with Crippen LogP contribution in [0.1, 0.15) is 51.4 Å². The maximum absolute atomic E-state index is 12.0. The fourth-order valence-electron chi connectivity index (χ4n) is 4.50. The monoisotopic (exact) mass is 405 g/mol. The number of unbranched alkanes of at least 4 members (excludes halogenated alkanes) is 3. The van der Waals surface area contributed by atoms with E-state index in [2.05, 4.69) is 27.9 Å². The number of thioether (sulfide) groups is 1. The average Bonchev–Trinajstić information content (AvgIpc) is 3.27. The molecule has 154 valence electrons. The first-order valence-electron chi connectivity index (χ1n) is 10.4. The largest absolute Gasteiger partial charge is 0.481 e. The highest BCUT2D eigenvalue weighted by Gasteiger charge is 2.47. The Hall–Kier alpha value is -1.73. The van der Waals surface area contributed by atoms with Gasteiger partial charge in [0.15, 0.2) is 0 Å². The highest BCUT2D eigenvalue weighted by atomic mass is 32.2. The highest BCUT2D eigenvalue weighted by Crippen LogP contribution is 2.54. The number of amides is 2. The van der Waals surface area contributed by atoms with E-state index in [0.717, 1.165) is 36.7 Å². The normalized spacial score (nSPS) is 25.6. The van der Waals surface area contributed by atoms with E-state index in [4.69, 9.17) is 5.11 Å².